The van der Waals surface area contributed by atoms with Crippen LogP contribution < -0.4 is 5.73 Å². The fraction of sp³-hybridized carbons (Fsp3) is 0.538. The van der Waals surface area contributed by atoms with Gasteiger partial charge in [0.25, 0.3) is 0 Å². The highest BCUT2D eigenvalue weighted by Crippen LogP contribution is 2.35. The molecule has 1 aromatic carbocycles. The Morgan fingerprint density at radius 2 is 1.95 bits per heavy atom. The van der Waals surface area contributed by atoms with Crippen LogP contribution >= 0.6 is 31.9 Å². The van der Waals surface area contributed by atoms with Gasteiger partial charge in [0.15, 0.2) is 9.84 Å². The van der Waals surface area contributed by atoms with Gasteiger partial charge in [-0.2, -0.15) is 0 Å². The van der Waals surface area contributed by atoms with Crippen molar-refractivity contribution in [2.75, 3.05) is 5.75 Å². The van der Waals surface area contributed by atoms with Crippen molar-refractivity contribution in [3.8, 4) is 0 Å². The summed E-state index contributed by atoms with van der Waals surface area (Å²) in [4.78, 5) is 0. The predicted molar refractivity (Wildman–Crippen MR) is 84.9 cm³/mol. The second-order valence-corrected chi connectivity index (χ2v) is 9.10. The summed E-state index contributed by atoms with van der Waals surface area (Å²) in [5.41, 5.74) is 8.18. The van der Waals surface area contributed by atoms with Gasteiger partial charge in [-0.1, -0.05) is 38.3 Å². The zero-order chi connectivity index (χ0) is 14.2. The summed E-state index contributed by atoms with van der Waals surface area (Å²) >= 11 is 6.97. The maximum Gasteiger partial charge on any atom is 0.155 e. The lowest BCUT2D eigenvalue weighted by atomic mass is 9.99. The lowest BCUT2D eigenvalue weighted by Gasteiger charge is -2.28. The van der Waals surface area contributed by atoms with Crippen LogP contribution in [0.4, 0.5) is 0 Å². The van der Waals surface area contributed by atoms with Gasteiger partial charge in [0, 0.05) is 15.0 Å². The quantitative estimate of drug-likeness (QED) is 0.811. The van der Waals surface area contributed by atoms with E-state index in [2.05, 4.69) is 31.9 Å². The molecule has 0 bridgehead atoms. The average molecular weight is 411 g/mol. The average Bonchev–Trinajstić information content (AvgIpc) is 2.32. The van der Waals surface area contributed by atoms with Crippen LogP contribution in [0, 0.1) is 6.92 Å². The van der Waals surface area contributed by atoms with E-state index >= 15 is 0 Å². The SMILES string of the molecule is Cc1cc(Br)c(C(N)C2CCCCS2(=O)=O)cc1Br. The maximum atomic E-state index is 12.2. The van der Waals surface area contributed by atoms with Gasteiger partial charge in [-0.05, 0) is 43.0 Å². The number of hydrogen-bond acceptors (Lipinski definition) is 3. The van der Waals surface area contributed by atoms with E-state index in [-0.39, 0.29) is 5.75 Å². The first-order valence-electron chi connectivity index (χ1n) is 6.25. The van der Waals surface area contributed by atoms with Gasteiger partial charge in [0.05, 0.1) is 11.0 Å². The van der Waals surface area contributed by atoms with Crippen LogP contribution in [0.3, 0.4) is 0 Å². The molecule has 1 heterocycles. The molecule has 1 fully saturated rings. The number of halogens is 2. The lowest BCUT2D eigenvalue weighted by molar-refractivity contribution is 0.504. The molecule has 2 atom stereocenters. The first-order valence-corrected chi connectivity index (χ1v) is 9.56. The minimum atomic E-state index is -3.07. The third-order valence-corrected chi connectivity index (χ3v) is 7.52. The van der Waals surface area contributed by atoms with E-state index < -0.39 is 21.1 Å². The molecule has 0 aromatic heterocycles. The van der Waals surface area contributed by atoms with Crippen LogP contribution in [0.1, 0.15) is 36.4 Å². The van der Waals surface area contributed by atoms with Gasteiger partial charge in [0.1, 0.15) is 0 Å². The first-order chi connectivity index (χ1) is 8.83. The molecule has 2 unspecified atom stereocenters. The van der Waals surface area contributed by atoms with Gasteiger partial charge < -0.3 is 5.73 Å². The lowest BCUT2D eigenvalue weighted by Crippen LogP contribution is -2.38. The summed E-state index contributed by atoms with van der Waals surface area (Å²) in [6, 6.07) is 3.42. The zero-order valence-corrected chi connectivity index (χ0v) is 14.7. The van der Waals surface area contributed by atoms with E-state index in [4.69, 9.17) is 5.73 Å². The predicted octanol–water partition coefficient (Wildman–Crippen LogP) is 3.49. The Morgan fingerprint density at radius 1 is 1.26 bits per heavy atom. The van der Waals surface area contributed by atoms with Gasteiger partial charge >= 0.3 is 0 Å². The van der Waals surface area contributed by atoms with Gasteiger partial charge in [0.2, 0.25) is 0 Å². The number of sulfone groups is 1. The molecule has 0 amide bonds. The molecule has 0 aliphatic carbocycles. The van der Waals surface area contributed by atoms with E-state index in [9.17, 15) is 8.42 Å². The number of aryl methyl sites for hydroxylation is 1. The summed E-state index contributed by atoms with van der Waals surface area (Å²) in [6.07, 6.45) is 2.34. The highest BCUT2D eigenvalue weighted by molar-refractivity contribution is 9.11. The van der Waals surface area contributed by atoms with Crippen molar-refractivity contribution < 1.29 is 8.42 Å². The van der Waals surface area contributed by atoms with Crippen molar-refractivity contribution in [2.24, 2.45) is 5.73 Å². The Labute approximate surface area is 131 Å². The summed E-state index contributed by atoms with van der Waals surface area (Å²) < 4.78 is 26.1. The molecule has 3 nitrogen and oxygen atoms in total. The molecule has 1 aliphatic rings. The second-order valence-electron chi connectivity index (χ2n) is 5.05. The van der Waals surface area contributed by atoms with E-state index in [1.54, 1.807) is 0 Å². The molecule has 1 aliphatic heterocycles. The van der Waals surface area contributed by atoms with Crippen LogP contribution in [0.5, 0.6) is 0 Å². The van der Waals surface area contributed by atoms with Crippen LogP contribution in [0.25, 0.3) is 0 Å². The van der Waals surface area contributed by atoms with Crippen molar-refractivity contribution in [3.05, 3.63) is 32.2 Å². The van der Waals surface area contributed by atoms with Crippen molar-refractivity contribution in [1.29, 1.82) is 0 Å². The molecule has 106 valence electrons. The van der Waals surface area contributed by atoms with Crippen LogP contribution in [-0.2, 0) is 9.84 Å². The minimum Gasteiger partial charge on any atom is -0.323 e. The molecule has 0 saturated carbocycles. The molecule has 1 aromatic rings. The van der Waals surface area contributed by atoms with E-state index in [1.807, 2.05) is 19.1 Å². The van der Waals surface area contributed by atoms with E-state index in [1.165, 1.54) is 0 Å². The maximum absolute atomic E-state index is 12.2. The van der Waals surface area contributed by atoms with Crippen molar-refractivity contribution in [3.63, 3.8) is 0 Å². The van der Waals surface area contributed by atoms with Crippen molar-refractivity contribution in [1.82, 2.24) is 0 Å². The molecule has 0 spiro atoms. The highest BCUT2D eigenvalue weighted by atomic mass is 79.9. The monoisotopic (exact) mass is 409 g/mol. The molecule has 19 heavy (non-hydrogen) atoms. The molecular weight excluding hydrogens is 394 g/mol. The fourth-order valence-electron chi connectivity index (χ4n) is 2.50. The zero-order valence-electron chi connectivity index (χ0n) is 10.7. The third-order valence-electron chi connectivity index (χ3n) is 3.67. The Bertz CT molecular complexity index is 587. The fourth-order valence-corrected chi connectivity index (χ4v) is 5.61. The van der Waals surface area contributed by atoms with Crippen molar-refractivity contribution >= 4 is 41.7 Å². The molecule has 2 rings (SSSR count). The minimum absolute atomic E-state index is 0.260. The van der Waals surface area contributed by atoms with Gasteiger partial charge in [-0.25, -0.2) is 8.42 Å². The molecule has 6 heteroatoms. The van der Waals surface area contributed by atoms with E-state index in [0.717, 1.165) is 32.9 Å². The molecule has 1 saturated heterocycles. The number of hydrogen-bond donors (Lipinski definition) is 1. The third kappa shape index (κ3) is 3.23. The van der Waals surface area contributed by atoms with Gasteiger partial charge in [-0.3, -0.25) is 0 Å². The Balaban J connectivity index is 2.39. The number of benzene rings is 1. The largest absolute Gasteiger partial charge is 0.323 e. The first kappa shape index (κ1) is 15.5. The Morgan fingerprint density at radius 3 is 2.58 bits per heavy atom. The molecule has 0 radical (unpaired) electrons. The van der Waals surface area contributed by atoms with Crippen LogP contribution in [0.2, 0.25) is 0 Å². The summed E-state index contributed by atoms with van der Waals surface area (Å²) in [6.45, 7) is 1.99. The van der Waals surface area contributed by atoms with Crippen LogP contribution in [-0.4, -0.2) is 19.4 Å². The standard InChI is InChI=1S/C13H17Br2NO2S/c1-8-6-11(15)9(7-10(8)14)13(16)12-4-2-3-5-19(12,17)18/h6-7,12-13H,2-5,16H2,1H3. The number of rotatable bonds is 2. The summed E-state index contributed by atoms with van der Waals surface area (Å²) in [5.74, 6) is 0.260. The Hall–Kier alpha value is 0.0900. The van der Waals surface area contributed by atoms with Crippen molar-refractivity contribution in [2.45, 2.75) is 37.5 Å². The smallest absolute Gasteiger partial charge is 0.155 e. The molecule has 2 N–H and O–H groups in total. The van der Waals surface area contributed by atoms with E-state index in [0.29, 0.717) is 6.42 Å². The molecular formula is C13H17Br2NO2S. The van der Waals surface area contributed by atoms with Gasteiger partial charge in [-0.15, -0.1) is 0 Å². The normalized spacial score (nSPS) is 24.1. The summed E-state index contributed by atoms with van der Waals surface area (Å²) in [7, 11) is -3.07. The highest BCUT2D eigenvalue weighted by Gasteiger charge is 2.35. The summed E-state index contributed by atoms with van der Waals surface area (Å²) in [5, 5.41) is -0.466. The second kappa shape index (κ2) is 5.84. The topological polar surface area (TPSA) is 60.2 Å². The van der Waals surface area contributed by atoms with Crippen LogP contribution in [0.15, 0.2) is 21.1 Å². The number of nitrogens with two attached hydrogens (primary N) is 1. The Kier molecular flexibility index (Phi) is 4.75.